The monoisotopic (exact) mass is 241 g/mol. The summed E-state index contributed by atoms with van der Waals surface area (Å²) in [7, 11) is 2.02. The minimum absolute atomic E-state index is 0.223. The van der Waals surface area contributed by atoms with E-state index in [-0.39, 0.29) is 11.5 Å². The Bertz CT molecular complexity index is 525. The van der Waals surface area contributed by atoms with Crippen molar-refractivity contribution < 1.29 is 4.42 Å². The highest BCUT2D eigenvalue weighted by Crippen LogP contribution is 2.56. The molecule has 94 valence electrons. The van der Waals surface area contributed by atoms with Crippen LogP contribution in [0.15, 0.2) is 46.9 Å². The molecule has 0 radical (unpaired) electrons. The molecule has 1 heterocycles. The molecule has 1 N–H and O–H groups in total. The molecule has 0 spiro atoms. The van der Waals surface area contributed by atoms with Gasteiger partial charge < -0.3 is 9.73 Å². The van der Waals surface area contributed by atoms with Gasteiger partial charge in [-0.3, -0.25) is 0 Å². The third kappa shape index (κ3) is 1.77. The summed E-state index contributed by atoms with van der Waals surface area (Å²) in [4.78, 5) is 0. The van der Waals surface area contributed by atoms with Crippen molar-refractivity contribution in [3.05, 3.63) is 59.5 Å². The first kappa shape index (κ1) is 11.5. The first-order valence-corrected chi connectivity index (χ1v) is 6.55. The van der Waals surface area contributed by atoms with Gasteiger partial charge in [-0.05, 0) is 44.5 Å². The highest BCUT2D eigenvalue weighted by Gasteiger charge is 2.51. The lowest BCUT2D eigenvalue weighted by atomic mass is 9.86. The quantitative estimate of drug-likeness (QED) is 0.885. The molecule has 1 aliphatic rings. The number of furan rings is 1. The van der Waals surface area contributed by atoms with Crippen molar-refractivity contribution in [3.63, 3.8) is 0 Å². The van der Waals surface area contributed by atoms with E-state index in [9.17, 15) is 0 Å². The van der Waals surface area contributed by atoms with Crippen molar-refractivity contribution in [1.82, 2.24) is 5.32 Å². The number of aryl methyl sites for hydroxylation is 1. The molecule has 18 heavy (non-hydrogen) atoms. The van der Waals surface area contributed by atoms with Gasteiger partial charge in [-0.2, -0.15) is 0 Å². The number of hydrogen-bond donors (Lipinski definition) is 1. The van der Waals surface area contributed by atoms with Gasteiger partial charge in [0.1, 0.15) is 11.5 Å². The zero-order valence-electron chi connectivity index (χ0n) is 10.9. The van der Waals surface area contributed by atoms with Crippen LogP contribution in [-0.2, 0) is 5.41 Å². The lowest BCUT2D eigenvalue weighted by Gasteiger charge is -2.25. The molecule has 0 aliphatic heterocycles. The Hall–Kier alpha value is -1.54. The van der Waals surface area contributed by atoms with E-state index in [1.54, 1.807) is 0 Å². The van der Waals surface area contributed by atoms with Gasteiger partial charge in [0.2, 0.25) is 0 Å². The molecule has 0 saturated heterocycles. The van der Waals surface area contributed by atoms with E-state index in [1.165, 1.54) is 18.4 Å². The SMILES string of the molecule is CNC(c1ccc(C)o1)C1(c2ccccc2)CC1. The summed E-state index contributed by atoms with van der Waals surface area (Å²) in [5.74, 6) is 2.03. The molecule has 0 amide bonds. The molecule has 1 aliphatic carbocycles. The van der Waals surface area contributed by atoms with E-state index < -0.39 is 0 Å². The third-order valence-electron chi connectivity index (χ3n) is 4.02. The van der Waals surface area contributed by atoms with Crippen molar-refractivity contribution in [3.8, 4) is 0 Å². The van der Waals surface area contributed by atoms with Gasteiger partial charge in [0, 0.05) is 5.41 Å². The van der Waals surface area contributed by atoms with Gasteiger partial charge in [0.05, 0.1) is 6.04 Å². The fourth-order valence-electron chi connectivity index (χ4n) is 2.95. The van der Waals surface area contributed by atoms with E-state index in [4.69, 9.17) is 4.42 Å². The Morgan fingerprint density at radius 1 is 1.11 bits per heavy atom. The zero-order valence-corrected chi connectivity index (χ0v) is 10.9. The van der Waals surface area contributed by atoms with Crippen LogP contribution in [0, 0.1) is 6.92 Å². The van der Waals surface area contributed by atoms with Crippen LogP contribution in [0.4, 0.5) is 0 Å². The first-order valence-electron chi connectivity index (χ1n) is 6.55. The summed E-state index contributed by atoms with van der Waals surface area (Å²) >= 11 is 0. The number of likely N-dealkylation sites (N-methyl/N-ethyl adjacent to an activating group) is 1. The predicted octanol–water partition coefficient (Wildman–Crippen LogP) is 3.58. The Morgan fingerprint density at radius 2 is 1.83 bits per heavy atom. The molecule has 1 aromatic carbocycles. The maximum atomic E-state index is 5.82. The van der Waals surface area contributed by atoms with Crippen LogP contribution in [-0.4, -0.2) is 7.05 Å². The van der Waals surface area contributed by atoms with Gasteiger partial charge in [0.25, 0.3) is 0 Å². The molecule has 1 aromatic heterocycles. The van der Waals surface area contributed by atoms with Crippen LogP contribution < -0.4 is 5.32 Å². The lowest BCUT2D eigenvalue weighted by Crippen LogP contribution is -2.29. The average Bonchev–Trinajstić information content (AvgIpc) is 3.09. The summed E-state index contributed by atoms with van der Waals surface area (Å²) in [6.07, 6.45) is 2.45. The average molecular weight is 241 g/mol. The van der Waals surface area contributed by atoms with Gasteiger partial charge >= 0.3 is 0 Å². The van der Waals surface area contributed by atoms with Crippen molar-refractivity contribution in [2.24, 2.45) is 0 Å². The predicted molar refractivity (Wildman–Crippen MR) is 72.6 cm³/mol. The van der Waals surface area contributed by atoms with Crippen LogP contribution >= 0.6 is 0 Å². The molecule has 3 rings (SSSR count). The fourth-order valence-corrected chi connectivity index (χ4v) is 2.95. The van der Waals surface area contributed by atoms with Gasteiger partial charge in [-0.1, -0.05) is 30.3 Å². The van der Waals surface area contributed by atoms with E-state index in [0.717, 1.165) is 11.5 Å². The summed E-state index contributed by atoms with van der Waals surface area (Å²) in [5.41, 5.74) is 1.64. The van der Waals surface area contributed by atoms with E-state index >= 15 is 0 Å². The molecule has 1 unspecified atom stereocenters. The Labute approximate surface area is 108 Å². The second-order valence-electron chi connectivity index (χ2n) is 5.19. The zero-order chi connectivity index (χ0) is 12.6. The topological polar surface area (TPSA) is 25.2 Å². The normalized spacial score (nSPS) is 18.6. The van der Waals surface area contributed by atoms with Crippen molar-refractivity contribution in [1.29, 1.82) is 0 Å². The molecule has 2 heteroatoms. The largest absolute Gasteiger partial charge is 0.465 e. The molecular formula is C16H19NO. The molecule has 1 saturated carbocycles. The number of nitrogens with one attached hydrogen (secondary N) is 1. The number of rotatable bonds is 4. The second-order valence-corrected chi connectivity index (χ2v) is 5.19. The summed E-state index contributed by atoms with van der Waals surface area (Å²) in [6.45, 7) is 2.00. The number of benzene rings is 1. The summed E-state index contributed by atoms with van der Waals surface area (Å²) in [6, 6.07) is 15.2. The Morgan fingerprint density at radius 3 is 2.33 bits per heavy atom. The first-order chi connectivity index (χ1) is 8.76. The van der Waals surface area contributed by atoms with Crippen LogP contribution in [0.3, 0.4) is 0 Å². The second kappa shape index (κ2) is 4.29. The molecule has 1 fully saturated rings. The van der Waals surface area contributed by atoms with Crippen molar-refractivity contribution in [2.75, 3.05) is 7.05 Å². The Kier molecular flexibility index (Phi) is 2.75. The highest BCUT2D eigenvalue weighted by molar-refractivity contribution is 5.36. The molecular weight excluding hydrogens is 222 g/mol. The minimum atomic E-state index is 0.223. The van der Waals surface area contributed by atoms with Crippen LogP contribution in [0.25, 0.3) is 0 Å². The summed E-state index contributed by atoms with van der Waals surface area (Å²) < 4.78 is 5.82. The van der Waals surface area contributed by atoms with Crippen molar-refractivity contribution in [2.45, 2.75) is 31.2 Å². The molecule has 0 bridgehead atoms. The fraction of sp³-hybridized carbons (Fsp3) is 0.375. The van der Waals surface area contributed by atoms with Gasteiger partial charge in [0.15, 0.2) is 0 Å². The van der Waals surface area contributed by atoms with E-state index in [2.05, 4.69) is 41.7 Å². The number of hydrogen-bond acceptors (Lipinski definition) is 2. The smallest absolute Gasteiger partial charge is 0.121 e. The van der Waals surface area contributed by atoms with Gasteiger partial charge in [-0.15, -0.1) is 0 Å². The van der Waals surface area contributed by atoms with E-state index in [0.29, 0.717) is 0 Å². The lowest BCUT2D eigenvalue weighted by molar-refractivity contribution is 0.362. The molecule has 2 nitrogen and oxygen atoms in total. The van der Waals surface area contributed by atoms with Crippen molar-refractivity contribution >= 4 is 0 Å². The Balaban J connectivity index is 1.97. The minimum Gasteiger partial charge on any atom is -0.465 e. The standard InChI is InChI=1S/C16H19NO/c1-12-8-9-14(18-12)15(17-2)16(10-11-16)13-6-4-3-5-7-13/h3-9,15,17H,10-11H2,1-2H3. The van der Waals surface area contributed by atoms with Crippen LogP contribution in [0.1, 0.15) is 36.0 Å². The summed E-state index contributed by atoms with van der Waals surface area (Å²) in [5, 5.41) is 3.44. The van der Waals surface area contributed by atoms with E-state index in [1.807, 2.05) is 20.0 Å². The third-order valence-corrected chi connectivity index (χ3v) is 4.02. The van der Waals surface area contributed by atoms with Gasteiger partial charge in [-0.25, -0.2) is 0 Å². The van der Waals surface area contributed by atoms with Crippen LogP contribution in [0.5, 0.6) is 0 Å². The van der Waals surface area contributed by atoms with Crippen LogP contribution in [0.2, 0.25) is 0 Å². The maximum absolute atomic E-state index is 5.82. The molecule has 1 atom stereocenters. The highest BCUT2D eigenvalue weighted by atomic mass is 16.3. The molecule has 2 aromatic rings. The maximum Gasteiger partial charge on any atom is 0.121 e.